The number of alkyl halides is 1. The van der Waals surface area contributed by atoms with Gasteiger partial charge in [0.1, 0.15) is 6.79 Å². The van der Waals surface area contributed by atoms with Gasteiger partial charge in [0.2, 0.25) is 0 Å². The lowest BCUT2D eigenvalue weighted by Crippen LogP contribution is -1.66. The van der Waals surface area contributed by atoms with Crippen LogP contribution in [0.5, 0.6) is 0 Å². The lowest BCUT2D eigenvalue weighted by Gasteiger charge is -1.55. The summed E-state index contributed by atoms with van der Waals surface area (Å²) in [4.78, 5) is 0. The van der Waals surface area contributed by atoms with E-state index in [1.165, 1.54) is 6.38 Å². The highest BCUT2D eigenvalue weighted by molar-refractivity contribution is 6.15. The third kappa shape index (κ3) is 10800. The average molecular weight is 161 g/mol. The molecule has 0 aromatic rings. The van der Waals surface area contributed by atoms with Crippen molar-refractivity contribution >= 4 is 11.6 Å². The van der Waals surface area contributed by atoms with Crippen molar-refractivity contribution in [2.45, 2.75) is 14.4 Å². The maximum atomic E-state index is 7.57. The number of hydrogen-bond acceptors (Lipinski definition) is 3. The van der Waals surface area contributed by atoms with Gasteiger partial charge in [0.15, 0.2) is 0 Å². The molecule has 3 N–H and O–H groups in total. The summed E-state index contributed by atoms with van der Waals surface area (Å²) < 4.78 is 0. The zero-order valence-corrected chi connectivity index (χ0v) is 5.89. The zero-order chi connectivity index (χ0) is 7.41. The Hall–Kier alpha value is 0.170. The van der Waals surface area contributed by atoms with Crippen molar-refractivity contribution in [3.05, 3.63) is 0 Å². The minimum atomic E-state index is -0.750. The van der Waals surface area contributed by atoms with Crippen molar-refractivity contribution in [2.75, 3.05) is 19.8 Å². The Labute approximate surface area is 61.9 Å². The second-order valence-electron chi connectivity index (χ2n) is 0.458. The van der Waals surface area contributed by atoms with Crippen LogP contribution in [0.2, 0.25) is 0 Å². The second-order valence-corrected chi connectivity index (χ2v) is 0.458. The molecule has 0 unspecified atom stereocenters. The quantitative estimate of drug-likeness (QED) is 0.356. The van der Waals surface area contributed by atoms with Gasteiger partial charge in [0.25, 0.3) is 0 Å². The number of halogens is 1. The first-order chi connectivity index (χ1) is 3.83. The van der Waals surface area contributed by atoms with Gasteiger partial charge in [0.05, 0.1) is 0 Å². The van der Waals surface area contributed by atoms with E-state index in [9.17, 15) is 0 Å². The Morgan fingerprint density at radius 3 is 1.11 bits per heavy atom. The smallest absolute Gasteiger partial charge is 0.140 e. The number of hydrogen-bond donors (Lipinski definition) is 3. The molecule has 0 saturated heterocycles. The van der Waals surface area contributed by atoms with E-state index in [0.717, 1.165) is 0 Å². The van der Waals surface area contributed by atoms with Gasteiger partial charge in [-0.05, 0) is 6.92 Å². The van der Waals surface area contributed by atoms with E-state index in [-0.39, 0.29) is 14.0 Å². The van der Waals surface area contributed by atoms with Gasteiger partial charge < -0.3 is 15.3 Å². The lowest BCUT2D eigenvalue weighted by atomic mass is 10.9. The fourth-order valence-electron chi connectivity index (χ4n) is 0. The number of rotatable bonds is 0. The van der Waals surface area contributed by atoms with Gasteiger partial charge in [-0.3, -0.25) is 0 Å². The maximum absolute atomic E-state index is 7.57. The van der Waals surface area contributed by atoms with Crippen LogP contribution in [0.15, 0.2) is 0 Å². The normalized spacial score (nSPS) is 4.67. The van der Waals surface area contributed by atoms with Crippen LogP contribution in [0.3, 0.4) is 0 Å². The van der Waals surface area contributed by atoms with Gasteiger partial charge >= 0.3 is 0 Å². The molecule has 0 bridgehead atoms. The molecule has 0 heterocycles. The molecule has 0 saturated carbocycles. The van der Waals surface area contributed by atoms with Gasteiger partial charge in [-0.25, -0.2) is 0 Å². The molecule has 0 amide bonds. The molecule has 62 valence electrons. The van der Waals surface area contributed by atoms with E-state index in [0.29, 0.717) is 0 Å². The molecule has 0 atom stereocenters. The highest BCUT2D eigenvalue weighted by atomic mass is 35.5. The van der Waals surface area contributed by atoms with E-state index in [1.807, 2.05) is 0 Å². The average Bonchev–Trinajstić information content (AvgIpc) is 1.75. The first-order valence-electron chi connectivity index (χ1n) is 2.03. The van der Waals surface area contributed by atoms with Crippen LogP contribution in [-0.4, -0.2) is 35.1 Å². The molecule has 0 fully saturated rings. The van der Waals surface area contributed by atoms with Crippen molar-refractivity contribution < 1.29 is 15.3 Å². The van der Waals surface area contributed by atoms with Crippen molar-refractivity contribution in [1.82, 2.24) is 0 Å². The van der Waals surface area contributed by atoms with Crippen LogP contribution < -0.4 is 0 Å². The monoisotopic (exact) mass is 160 g/mol. The van der Waals surface area contributed by atoms with Crippen LogP contribution in [-0.2, 0) is 0 Å². The fourth-order valence-corrected chi connectivity index (χ4v) is 0. The van der Waals surface area contributed by atoms with E-state index in [1.54, 1.807) is 6.92 Å². The van der Waals surface area contributed by atoms with E-state index < -0.39 is 6.79 Å². The molecule has 0 aromatic carbocycles. The summed E-state index contributed by atoms with van der Waals surface area (Å²) in [5.74, 6) is 0. The van der Waals surface area contributed by atoms with Crippen molar-refractivity contribution in [3.63, 3.8) is 0 Å². The molecule has 3 nitrogen and oxygen atoms in total. The predicted molar refractivity (Wildman–Crippen MR) is 40.6 cm³/mol. The minimum Gasteiger partial charge on any atom is -0.397 e. The summed E-state index contributed by atoms with van der Waals surface area (Å²) in [6, 6.07) is 0. The fraction of sp³-hybridized carbons (Fsp3) is 1.00. The van der Waals surface area contributed by atoms with Crippen LogP contribution in [0.25, 0.3) is 0 Å². The Bertz CT molecular complexity index is 14.2. The Balaban J connectivity index is -0.0000000202. The molecular weight excluding hydrogens is 144 g/mol. The zero-order valence-electron chi connectivity index (χ0n) is 5.13. The van der Waals surface area contributed by atoms with Crippen molar-refractivity contribution in [1.29, 1.82) is 0 Å². The largest absolute Gasteiger partial charge is 0.397 e. The van der Waals surface area contributed by atoms with Gasteiger partial charge in [0, 0.05) is 13.0 Å². The van der Waals surface area contributed by atoms with Gasteiger partial charge in [-0.2, -0.15) is 0 Å². The van der Waals surface area contributed by atoms with Crippen molar-refractivity contribution in [3.8, 4) is 0 Å². The van der Waals surface area contributed by atoms with Gasteiger partial charge in [-0.1, -0.05) is 7.43 Å². The third-order valence-electron chi connectivity index (χ3n) is 0. The summed E-state index contributed by atoms with van der Waals surface area (Å²) in [6.07, 6.45) is 1.47. The molecule has 9 heavy (non-hydrogen) atoms. The summed E-state index contributed by atoms with van der Waals surface area (Å²) in [6.45, 7) is 1.18. The molecule has 0 aromatic heterocycles. The number of aliphatic hydroxyl groups is 3. The van der Waals surface area contributed by atoms with E-state index >= 15 is 0 Å². The first kappa shape index (κ1) is 22.9. The van der Waals surface area contributed by atoms with Crippen LogP contribution >= 0.6 is 11.6 Å². The standard InChI is InChI=1S/C2H6O.CH3Cl.CH4O2.CH4/c1-2-3;1-2;2-1-3;/h3H,2H2,1H3;1H3;2-3H,1H2;1H4. The highest BCUT2D eigenvalue weighted by Gasteiger charge is 1.34. The molecule has 0 aliphatic carbocycles. The van der Waals surface area contributed by atoms with Crippen LogP contribution in [0, 0.1) is 0 Å². The minimum absolute atomic E-state index is 0. The van der Waals surface area contributed by atoms with Crippen LogP contribution in [0.4, 0.5) is 0 Å². The van der Waals surface area contributed by atoms with Gasteiger partial charge in [-0.15, -0.1) is 11.6 Å². The molecule has 4 heteroatoms. The lowest BCUT2D eigenvalue weighted by molar-refractivity contribution is 0.0773. The Morgan fingerprint density at radius 1 is 1.11 bits per heavy atom. The van der Waals surface area contributed by atoms with E-state index in [2.05, 4.69) is 11.6 Å². The molecule has 0 aliphatic heterocycles. The second kappa shape index (κ2) is 89.2. The highest BCUT2D eigenvalue weighted by Crippen LogP contribution is 1.34. The predicted octanol–water partition coefficient (Wildman–Crippen LogP) is 0.418. The van der Waals surface area contributed by atoms with Crippen molar-refractivity contribution in [2.24, 2.45) is 0 Å². The SMILES string of the molecule is C.CCO.CCl.OCO. The molecule has 0 rings (SSSR count). The maximum Gasteiger partial charge on any atom is 0.140 e. The number of aliphatic hydroxyl groups excluding tert-OH is 2. The van der Waals surface area contributed by atoms with Crippen LogP contribution in [0.1, 0.15) is 14.4 Å². The Morgan fingerprint density at radius 2 is 1.11 bits per heavy atom. The third-order valence-corrected chi connectivity index (χ3v) is 0. The summed E-state index contributed by atoms with van der Waals surface area (Å²) in [5.41, 5.74) is 0. The molecule has 0 radical (unpaired) electrons. The molecule has 0 spiro atoms. The first-order valence-corrected chi connectivity index (χ1v) is 2.79. The summed E-state index contributed by atoms with van der Waals surface area (Å²) in [5, 5.41) is 21.8. The summed E-state index contributed by atoms with van der Waals surface area (Å²) >= 11 is 4.64. The topological polar surface area (TPSA) is 60.7 Å². The van der Waals surface area contributed by atoms with E-state index in [4.69, 9.17) is 15.3 Å². The Kier molecular flexibility index (Phi) is 227. The molecular formula is C5H17ClO3. The molecule has 0 aliphatic rings. The summed E-state index contributed by atoms with van der Waals surface area (Å²) in [7, 11) is 0.